The Morgan fingerprint density at radius 2 is 1.96 bits per heavy atom. The molecule has 3 aromatic rings. The van der Waals surface area contributed by atoms with Gasteiger partial charge < -0.3 is 4.90 Å². The Hall–Kier alpha value is -2.73. The van der Waals surface area contributed by atoms with Gasteiger partial charge in [-0.25, -0.2) is 18.8 Å². The monoisotopic (exact) mass is 358 g/mol. The molecule has 0 bridgehead atoms. The van der Waals surface area contributed by atoms with Gasteiger partial charge in [0.15, 0.2) is 0 Å². The standard InChI is InChI=1S/C18H13ClF2N4/c1-11-23-16-6-3-12(20)9-17(16)25(11)18-22-7-2-8-24(18)13-4-5-14(19)15(21)10-13/h2-10,18H,1H3. The predicted molar refractivity (Wildman–Crippen MR) is 95.0 cm³/mol. The normalized spacial score (nSPS) is 16.8. The van der Waals surface area contributed by atoms with E-state index in [0.717, 1.165) is 0 Å². The average Bonchev–Trinajstić information content (AvgIpc) is 2.92. The van der Waals surface area contributed by atoms with E-state index in [2.05, 4.69) is 9.98 Å². The summed E-state index contributed by atoms with van der Waals surface area (Å²) in [5.41, 5.74) is 1.87. The number of anilines is 1. The highest BCUT2D eigenvalue weighted by atomic mass is 35.5. The van der Waals surface area contributed by atoms with Crippen LogP contribution < -0.4 is 4.90 Å². The summed E-state index contributed by atoms with van der Waals surface area (Å²) in [5.74, 6) is -0.190. The van der Waals surface area contributed by atoms with Gasteiger partial charge in [0.2, 0.25) is 6.29 Å². The van der Waals surface area contributed by atoms with Crippen LogP contribution in [0.25, 0.3) is 11.0 Å². The van der Waals surface area contributed by atoms with Crippen molar-refractivity contribution < 1.29 is 8.78 Å². The summed E-state index contributed by atoms with van der Waals surface area (Å²) in [4.78, 5) is 10.7. The van der Waals surface area contributed by atoms with E-state index in [0.29, 0.717) is 22.5 Å². The molecule has 1 atom stereocenters. The molecule has 0 aliphatic carbocycles. The minimum absolute atomic E-state index is 0.0520. The average molecular weight is 359 g/mol. The lowest BCUT2D eigenvalue weighted by atomic mass is 10.2. The SMILES string of the molecule is Cc1nc2ccc(F)cc2n1C1N=CC=CN1c1ccc(Cl)c(F)c1. The largest absolute Gasteiger partial charge is 0.308 e. The molecule has 0 saturated heterocycles. The lowest BCUT2D eigenvalue weighted by Gasteiger charge is -2.31. The van der Waals surface area contributed by atoms with Crippen molar-refractivity contribution in [2.24, 2.45) is 4.99 Å². The highest BCUT2D eigenvalue weighted by Crippen LogP contribution is 2.32. The first-order valence-corrected chi connectivity index (χ1v) is 8.00. The number of aryl methyl sites for hydroxylation is 1. The van der Waals surface area contributed by atoms with Gasteiger partial charge in [-0.05, 0) is 49.4 Å². The van der Waals surface area contributed by atoms with Crippen molar-refractivity contribution in [3.63, 3.8) is 0 Å². The number of fused-ring (bicyclic) bond motifs is 1. The third-order valence-electron chi connectivity index (χ3n) is 4.06. The van der Waals surface area contributed by atoms with Crippen LogP contribution in [0.2, 0.25) is 5.02 Å². The topological polar surface area (TPSA) is 33.4 Å². The second-order valence-corrected chi connectivity index (χ2v) is 6.06. The summed E-state index contributed by atoms with van der Waals surface area (Å²) < 4.78 is 29.4. The smallest absolute Gasteiger partial charge is 0.208 e. The molecule has 4 rings (SSSR count). The van der Waals surface area contributed by atoms with Gasteiger partial charge in [-0.2, -0.15) is 0 Å². The maximum Gasteiger partial charge on any atom is 0.208 e. The van der Waals surface area contributed by atoms with Crippen LogP contribution in [-0.2, 0) is 0 Å². The van der Waals surface area contributed by atoms with Crippen molar-refractivity contribution in [1.29, 1.82) is 0 Å². The Morgan fingerprint density at radius 3 is 2.76 bits per heavy atom. The molecule has 4 nitrogen and oxygen atoms in total. The van der Waals surface area contributed by atoms with Gasteiger partial charge >= 0.3 is 0 Å². The maximum atomic E-state index is 13.9. The van der Waals surface area contributed by atoms with Crippen LogP contribution in [-0.4, -0.2) is 15.8 Å². The first kappa shape index (κ1) is 15.8. The molecule has 1 aliphatic heterocycles. The fraction of sp³-hybridized carbons (Fsp3) is 0.111. The molecule has 126 valence electrons. The number of hydrogen-bond acceptors (Lipinski definition) is 3. The molecule has 2 aromatic carbocycles. The summed E-state index contributed by atoms with van der Waals surface area (Å²) in [6.45, 7) is 1.83. The number of aliphatic imine (C=N–C) groups is 1. The van der Waals surface area contributed by atoms with Crippen LogP contribution in [0.15, 0.2) is 53.7 Å². The molecule has 25 heavy (non-hydrogen) atoms. The van der Waals surface area contributed by atoms with E-state index in [1.54, 1.807) is 35.5 Å². The summed E-state index contributed by atoms with van der Waals surface area (Å²) in [7, 11) is 0. The van der Waals surface area contributed by atoms with E-state index in [-0.39, 0.29) is 10.8 Å². The van der Waals surface area contributed by atoms with Gasteiger partial charge in [0.05, 0.1) is 16.1 Å². The van der Waals surface area contributed by atoms with Crippen LogP contribution in [0.3, 0.4) is 0 Å². The summed E-state index contributed by atoms with van der Waals surface area (Å²) in [6.07, 6.45) is 4.64. The highest BCUT2D eigenvalue weighted by Gasteiger charge is 2.24. The zero-order valence-electron chi connectivity index (χ0n) is 13.2. The number of aromatic nitrogens is 2. The quantitative estimate of drug-likeness (QED) is 0.657. The molecule has 1 unspecified atom stereocenters. The molecule has 0 amide bonds. The van der Waals surface area contributed by atoms with E-state index in [4.69, 9.17) is 11.6 Å². The van der Waals surface area contributed by atoms with Crippen molar-refractivity contribution in [2.45, 2.75) is 13.2 Å². The molecule has 2 heterocycles. The zero-order chi connectivity index (χ0) is 17.6. The molecule has 1 aromatic heterocycles. The molecule has 7 heteroatoms. The number of hydrogen-bond donors (Lipinski definition) is 0. The molecular weight excluding hydrogens is 346 g/mol. The molecule has 0 radical (unpaired) electrons. The van der Waals surface area contributed by atoms with Crippen molar-refractivity contribution in [1.82, 2.24) is 9.55 Å². The van der Waals surface area contributed by atoms with Crippen molar-refractivity contribution in [2.75, 3.05) is 4.90 Å². The van der Waals surface area contributed by atoms with E-state index in [1.807, 2.05) is 11.5 Å². The van der Waals surface area contributed by atoms with Gasteiger partial charge in [-0.3, -0.25) is 4.57 Å². The molecule has 1 aliphatic rings. The van der Waals surface area contributed by atoms with Crippen molar-refractivity contribution in [3.8, 4) is 0 Å². The maximum absolute atomic E-state index is 13.9. The minimum Gasteiger partial charge on any atom is -0.308 e. The Bertz CT molecular complexity index is 1030. The Morgan fingerprint density at radius 1 is 1.12 bits per heavy atom. The van der Waals surface area contributed by atoms with Crippen molar-refractivity contribution in [3.05, 3.63) is 71.2 Å². The van der Waals surface area contributed by atoms with Crippen LogP contribution in [0.4, 0.5) is 14.5 Å². The van der Waals surface area contributed by atoms with E-state index in [1.165, 1.54) is 24.3 Å². The second-order valence-electron chi connectivity index (χ2n) is 5.65. The summed E-state index contributed by atoms with van der Waals surface area (Å²) in [6, 6.07) is 8.96. The van der Waals surface area contributed by atoms with Crippen LogP contribution in [0, 0.1) is 18.6 Å². The number of halogens is 3. The lowest BCUT2D eigenvalue weighted by molar-refractivity contribution is 0.526. The lowest BCUT2D eigenvalue weighted by Crippen LogP contribution is -2.29. The molecule has 0 N–H and O–H groups in total. The molecule has 0 spiro atoms. The third kappa shape index (κ3) is 2.68. The number of benzene rings is 2. The fourth-order valence-corrected chi connectivity index (χ4v) is 3.06. The van der Waals surface area contributed by atoms with Crippen molar-refractivity contribution >= 4 is 34.5 Å². The van der Waals surface area contributed by atoms with Gasteiger partial charge in [-0.1, -0.05) is 11.6 Å². The van der Waals surface area contributed by atoms with Crippen LogP contribution >= 0.6 is 11.6 Å². The minimum atomic E-state index is -0.544. The summed E-state index contributed by atoms with van der Waals surface area (Å²) in [5, 5.41) is 0.0520. The van der Waals surface area contributed by atoms with Crippen LogP contribution in [0.5, 0.6) is 0 Å². The van der Waals surface area contributed by atoms with Gasteiger partial charge in [-0.15, -0.1) is 0 Å². The van der Waals surface area contributed by atoms with Crippen LogP contribution in [0.1, 0.15) is 12.1 Å². The molecular formula is C18H13ClF2N4. The summed E-state index contributed by atoms with van der Waals surface area (Å²) >= 11 is 5.78. The first-order chi connectivity index (χ1) is 12.0. The number of rotatable bonds is 2. The molecule has 0 saturated carbocycles. The van der Waals surface area contributed by atoms with E-state index in [9.17, 15) is 8.78 Å². The predicted octanol–water partition coefficient (Wildman–Crippen LogP) is 4.84. The number of imidazole rings is 1. The number of nitrogens with zero attached hydrogens (tertiary/aromatic N) is 4. The Kier molecular flexibility index (Phi) is 3.77. The zero-order valence-corrected chi connectivity index (χ0v) is 14.0. The molecule has 0 fully saturated rings. The van der Waals surface area contributed by atoms with E-state index >= 15 is 0 Å². The van der Waals surface area contributed by atoms with Gasteiger partial charge in [0, 0.05) is 18.1 Å². The highest BCUT2D eigenvalue weighted by molar-refractivity contribution is 6.30. The Labute approximate surface area is 147 Å². The van der Waals surface area contributed by atoms with E-state index < -0.39 is 12.1 Å². The second kappa shape index (κ2) is 5.97. The Balaban J connectivity index is 1.87. The van der Waals surface area contributed by atoms with Gasteiger partial charge in [0.25, 0.3) is 0 Å². The number of allylic oxidation sites excluding steroid dienone is 1. The first-order valence-electron chi connectivity index (χ1n) is 7.62. The third-order valence-corrected chi connectivity index (χ3v) is 4.37. The van der Waals surface area contributed by atoms with Gasteiger partial charge in [0.1, 0.15) is 17.5 Å². The fourth-order valence-electron chi connectivity index (χ4n) is 2.94.